The largest absolute Gasteiger partial charge is 0.387 e. The molecule has 2 aromatic rings. The van der Waals surface area contributed by atoms with Gasteiger partial charge in [-0.1, -0.05) is 18.2 Å². The van der Waals surface area contributed by atoms with Crippen LogP contribution < -0.4 is 5.32 Å². The van der Waals surface area contributed by atoms with E-state index in [0.717, 1.165) is 22.6 Å². The van der Waals surface area contributed by atoms with Crippen LogP contribution in [0, 0.1) is 11.6 Å². The fraction of sp³-hybridized carbons (Fsp3) is 0.294. The minimum absolute atomic E-state index is 0.0200. The van der Waals surface area contributed by atoms with Crippen LogP contribution in [-0.2, 0) is 0 Å². The molecule has 0 saturated heterocycles. The maximum absolute atomic E-state index is 13.7. The molecule has 1 aliphatic heterocycles. The van der Waals surface area contributed by atoms with Crippen molar-refractivity contribution in [2.24, 2.45) is 0 Å². The summed E-state index contributed by atoms with van der Waals surface area (Å²) in [7, 11) is 0. The topological polar surface area (TPSA) is 32.3 Å². The molecule has 22 heavy (non-hydrogen) atoms. The molecule has 116 valence electrons. The summed E-state index contributed by atoms with van der Waals surface area (Å²) in [4.78, 5) is 1.06. The first-order valence-corrected chi connectivity index (χ1v) is 8.22. The molecule has 0 bridgehead atoms. The number of benzene rings is 2. The maximum atomic E-state index is 13.7. The molecule has 1 aliphatic rings. The fourth-order valence-electron chi connectivity index (χ4n) is 2.69. The van der Waals surface area contributed by atoms with Crippen LogP contribution in [0.2, 0.25) is 0 Å². The van der Waals surface area contributed by atoms with Gasteiger partial charge in [-0.2, -0.15) is 0 Å². The Labute approximate surface area is 132 Å². The molecule has 0 amide bonds. The Morgan fingerprint density at radius 2 is 2.05 bits per heavy atom. The van der Waals surface area contributed by atoms with E-state index >= 15 is 0 Å². The average Bonchev–Trinajstić information content (AvgIpc) is 2.53. The van der Waals surface area contributed by atoms with Gasteiger partial charge in [-0.15, -0.1) is 11.8 Å². The van der Waals surface area contributed by atoms with Crippen LogP contribution in [0.5, 0.6) is 0 Å². The van der Waals surface area contributed by atoms with Crippen LogP contribution in [-0.4, -0.2) is 17.4 Å². The number of aliphatic hydroxyl groups is 1. The molecule has 2 N–H and O–H groups in total. The zero-order valence-corrected chi connectivity index (χ0v) is 12.7. The number of halogens is 2. The third-order valence-corrected chi connectivity index (χ3v) is 4.96. The van der Waals surface area contributed by atoms with Crippen molar-refractivity contribution in [3.63, 3.8) is 0 Å². The number of hydrogen-bond donors (Lipinski definition) is 2. The average molecular weight is 321 g/mol. The van der Waals surface area contributed by atoms with Crippen molar-refractivity contribution in [3.8, 4) is 0 Å². The van der Waals surface area contributed by atoms with Gasteiger partial charge in [-0.25, -0.2) is 8.78 Å². The minimum Gasteiger partial charge on any atom is -0.387 e. The van der Waals surface area contributed by atoms with E-state index < -0.39 is 11.9 Å². The first-order chi connectivity index (χ1) is 10.6. The second kappa shape index (κ2) is 6.77. The Bertz CT molecular complexity index is 665. The summed E-state index contributed by atoms with van der Waals surface area (Å²) in [6.45, 7) is 0.228. The minimum atomic E-state index is -0.923. The number of thioether (sulfide) groups is 1. The first kappa shape index (κ1) is 15.5. The summed E-state index contributed by atoms with van der Waals surface area (Å²) < 4.78 is 27.1. The zero-order valence-electron chi connectivity index (χ0n) is 11.9. The molecular weight excluding hydrogens is 304 g/mol. The molecule has 2 atom stereocenters. The molecule has 0 saturated carbocycles. The van der Waals surface area contributed by atoms with Gasteiger partial charge in [0.2, 0.25) is 0 Å². The Kier molecular flexibility index (Phi) is 4.76. The van der Waals surface area contributed by atoms with Gasteiger partial charge >= 0.3 is 0 Å². The highest BCUT2D eigenvalue weighted by molar-refractivity contribution is 7.99. The monoisotopic (exact) mass is 321 g/mol. The summed E-state index contributed by atoms with van der Waals surface area (Å²) in [6, 6.07) is 11.0. The van der Waals surface area contributed by atoms with E-state index in [1.807, 2.05) is 0 Å². The molecule has 2 unspecified atom stereocenters. The fourth-order valence-corrected chi connectivity index (χ4v) is 3.79. The number of rotatable bonds is 4. The number of fused-ring (bicyclic) bond motifs is 1. The van der Waals surface area contributed by atoms with Crippen molar-refractivity contribution in [3.05, 3.63) is 65.2 Å². The van der Waals surface area contributed by atoms with Crippen molar-refractivity contribution in [2.75, 3.05) is 12.3 Å². The van der Waals surface area contributed by atoms with E-state index in [1.165, 1.54) is 18.2 Å². The summed E-state index contributed by atoms with van der Waals surface area (Å²) in [6.07, 6.45) is -0.0711. The van der Waals surface area contributed by atoms with Crippen molar-refractivity contribution < 1.29 is 13.9 Å². The molecule has 0 fully saturated rings. The number of hydrogen-bond acceptors (Lipinski definition) is 3. The number of nitrogens with one attached hydrogen (secondary N) is 1. The van der Waals surface area contributed by atoms with Crippen LogP contribution in [0.4, 0.5) is 8.78 Å². The van der Waals surface area contributed by atoms with Crippen LogP contribution in [0.1, 0.15) is 29.7 Å². The summed E-state index contributed by atoms with van der Waals surface area (Å²) in [5.41, 5.74) is 1.19. The Morgan fingerprint density at radius 3 is 2.86 bits per heavy atom. The molecule has 1 heterocycles. The predicted octanol–water partition coefficient (Wildman–Crippen LogP) is 3.82. The highest BCUT2D eigenvalue weighted by Gasteiger charge is 2.22. The summed E-state index contributed by atoms with van der Waals surface area (Å²) >= 11 is 1.71. The van der Waals surface area contributed by atoms with E-state index in [9.17, 15) is 13.9 Å². The third-order valence-electron chi connectivity index (χ3n) is 3.83. The molecule has 0 aliphatic carbocycles. The van der Waals surface area contributed by atoms with E-state index in [0.29, 0.717) is 0 Å². The lowest BCUT2D eigenvalue weighted by molar-refractivity contribution is 0.164. The van der Waals surface area contributed by atoms with E-state index in [-0.39, 0.29) is 24.0 Å². The van der Waals surface area contributed by atoms with Gasteiger partial charge < -0.3 is 10.4 Å². The van der Waals surface area contributed by atoms with E-state index in [1.54, 1.807) is 36.0 Å². The second-order valence-electron chi connectivity index (χ2n) is 5.32. The highest BCUT2D eigenvalue weighted by atomic mass is 32.2. The molecule has 2 aromatic carbocycles. The van der Waals surface area contributed by atoms with Crippen LogP contribution in [0.25, 0.3) is 0 Å². The van der Waals surface area contributed by atoms with Gasteiger partial charge in [0.25, 0.3) is 0 Å². The lowest BCUT2D eigenvalue weighted by Crippen LogP contribution is -2.29. The van der Waals surface area contributed by atoms with Crippen molar-refractivity contribution in [1.82, 2.24) is 5.32 Å². The third kappa shape index (κ3) is 3.32. The molecule has 5 heteroatoms. The van der Waals surface area contributed by atoms with Crippen molar-refractivity contribution >= 4 is 11.8 Å². The van der Waals surface area contributed by atoms with Gasteiger partial charge in [0.05, 0.1) is 6.10 Å². The van der Waals surface area contributed by atoms with Crippen LogP contribution in [0.15, 0.2) is 47.4 Å². The molecule has 3 rings (SSSR count). The normalized spacial score (nSPS) is 18.8. The SMILES string of the molecule is OC(CNC1CCSc2ccc(F)cc21)c1ccccc1F. The van der Waals surface area contributed by atoms with Gasteiger partial charge in [0.1, 0.15) is 11.6 Å². The van der Waals surface area contributed by atoms with Gasteiger partial charge in [-0.05, 0) is 42.0 Å². The van der Waals surface area contributed by atoms with Crippen LogP contribution in [0.3, 0.4) is 0 Å². The Morgan fingerprint density at radius 1 is 1.23 bits per heavy atom. The predicted molar refractivity (Wildman–Crippen MR) is 83.8 cm³/mol. The lowest BCUT2D eigenvalue weighted by atomic mass is 10.0. The Balaban J connectivity index is 1.70. The Hall–Kier alpha value is -1.43. The van der Waals surface area contributed by atoms with Gasteiger partial charge in [0, 0.05) is 23.0 Å². The van der Waals surface area contributed by atoms with Gasteiger partial charge in [-0.3, -0.25) is 0 Å². The number of aliphatic hydroxyl groups excluding tert-OH is 1. The standard InChI is InChI=1S/C17H17F2NOS/c18-11-5-6-17-13(9-11)15(7-8-22-17)20-10-16(21)12-3-1-2-4-14(12)19/h1-6,9,15-16,20-21H,7-8,10H2. The molecule has 0 aromatic heterocycles. The van der Waals surface area contributed by atoms with Crippen molar-refractivity contribution in [2.45, 2.75) is 23.5 Å². The first-order valence-electron chi connectivity index (χ1n) is 7.23. The smallest absolute Gasteiger partial charge is 0.129 e. The molecule has 2 nitrogen and oxygen atoms in total. The quantitative estimate of drug-likeness (QED) is 0.898. The van der Waals surface area contributed by atoms with Gasteiger partial charge in [0.15, 0.2) is 0 Å². The zero-order chi connectivity index (χ0) is 15.5. The van der Waals surface area contributed by atoms with E-state index in [2.05, 4.69) is 5.32 Å². The molecule has 0 spiro atoms. The van der Waals surface area contributed by atoms with E-state index in [4.69, 9.17) is 0 Å². The van der Waals surface area contributed by atoms with Crippen molar-refractivity contribution in [1.29, 1.82) is 0 Å². The lowest BCUT2D eigenvalue weighted by Gasteiger charge is -2.27. The second-order valence-corrected chi connectivity index (χ2v) is 6.45. The van der Waals surface area contributed by atoms with Crippen LogP contribution >= 0.6 is 11.8 Å². The molecule has 0 radical (unpaired) electrons. The molecular formula is C17H17F2NOS. The highest BCUT2D eigenvalue weighted by Crippen LogP contribution is 2.36. The summed E-state index contributed by atoms with van der Waals surface area (Å²) in [5.74, 6) is 0.261. The maximum Gasteiger partial charge on any atom is 0.129 e. The summed E-state index contributed by atoms with van der Waals surface area (Å²) in [5, 5.41) is 13.4.